The van der Waals surface area contributed by atoms with Crippen molar-refractivity contribution in [3.05, 3.63) is 90.1 Å². The fraction of sp³-hybridized carbons (Fsp3) is 0.115. The van der Waals surface area contributed by atoms with E-state index in [9.17, 15) is 4.79 Å². The largest absolute Gasteiger partial charge is 0.496 e. The van der Waals surface area contributed by atoms with Crippen molar-refractivity contribution in [1.29, 1.82) is 0 Å². The van der Waals surface area contributed by atoms with Crippen LogP contribution in [0.3, 0.4) is 0 Å². The standard InChI is InChI=1S/C26H24N4O4/c1-32-22-15-24(34-3)23(33-2)14-19(22)16-27-28-26(31)21-17-30(20-12-8-5-9-13-20)29-25(21)18-10-6-4-7-11-18/h4-17H,1-3H3,(H,28,31)/b27-16-. The predicted octanol–water partition coefficient (Wildman–Crippen LogP) is 4.33. The van der Waals surface area contributed by atoms with Gasteiger partial charge >= 0.3 is 0 Å². The molecule has 4 aromatic rings. The molecule has 3 aromatic carbocycles. The van der Waals surface area contributed by atoms with E-state index in [-0.39, 0.29) is 0 Å². The summed E-state index contributed by atoms with van der Waals surface area (Å²) in [5.74, 6) is 1.18. The van der Waals surface area contributed by atoms with Crippen LogP contribution in [0.15, 0.2) is 84.1 Å². The predicted molar refractivity (Wildman–Crippen MR) is 130 cm³/mol. The zero-order valence-electron chi connectivity index (χ0n) is 19.1. The SMILES string of the molecule is COc1cc(OC)c(OC)cc1/C=N\NC(=O)c1cn(-c2ccccc2)nc1-c1ccccc1. The number of aromatic nitrogens is 2. The van der Waals surface area contributed by atoms with Gasteiger partial charge in [-0.1, -0.05) is 48.5 Å². The second-order valence-corrected chi connectivity index (χ2v) is 7.19. The van der Waals surface area contributed by atoms with Gasteiger partial charge in [0, 0.05) is 23.4 Å². The Morgan fingerprint density at radius 1 is 0.882 bits per heavy atom. The highest BCUT2D eigenvalue weighted by molar-refractivity contribution is 6.00. The lowest BCUT2D eigenvalue weighted by Gasteiger charge is -2.11. The minimum absolute atomic E-state index is 0.392. The molecule has 0 fully saturated rings. The van der Waals surface area contributed by atoms with Gasteiger partial charge in [-0.3, -0.25) is 4.79 Å². The van der Waals surface area contributed by atoms with Gasteiger partial charge in [0.25, 0.3) is 5.91 Å². The Balaban J connectivity index is 1.63. The zero-order chi connectivity index (χ0) is 23.9. The number of benzene rings is 3. The van der Waals surface area contributed by atoms with Crippen LogP contribution in [0, 0.1) is 0 Å². The van der Waals surface area contributed by atoms with Crippen molar-refractivity contribution in [2.24, 2.45) is 5.10 Å². The highest BCUT2D eigenvalue weighted by Crippen LogP contribution is 2.33. The lowest BCUT2D eigenvalue weighted by Crippen LogP contribution is -2.18. The maximum Gasteiger partial charge on any atom is 0.275 e. The molecule has 0 saturated heterocycles. The van der Waals surface area contributed by atoms with E-state index in [1.807, 2.05) is 60.7 Å². The molecule has 0 aliphatic rings. The van der Waals surface area contributed by atoms with Gasteiger partial charge in [-0.25, -0.2) is 10.1 Å². The number of carbonyl (C=O) groups excluding carboxylic acids is 1. The summed E-state index contributed by atoms with van der Waals surface area (Å²) in [5.41, 5.74) is 5.83. The molecule has 4 rings (SSSR count). The number of ether oxygens (including phenoxy) is 3. The third-order valence-corrected chi connectivity index (χ3v) is 5.13. The first-order valence-electron chi connectivity index (χ1n) is 10.5. The molecule has 172 valence electrons. The molecule has 0 aliphatic carbocycles. The summed E-state index contributed by atoms with van der Waals surface area (Å²) in [5, 5.41) is 8.80. The first-order valence-corrected chi connectivity index (χ1v) is 10.5. The molecule has 0 saturated carbocycles. The molecular weight excluding hydrogens is 432 g/mol. The van der Waals surface area contributed by atoms with Crippen molar-refractivity contribution >= 4 is 12.1 Å². The van der Waals surface area contributed by atoms with Crippen molar-refractivity contribution in [3.8, 4) is 34.2 Å². The summed E-state index contributed by atoms with van der Waals surface area (Å²) < 4.78 is 17.7. The van der Waals surface area contributed by atoms with E-state index < -0.39 is 5.91 Å². The van der Waals surface area contributed by atoms with Gasteiger partial charge in [0.15, 0.2) is 11.5 Å². The van der Waals surface area contributed by atoms with Crippen LogP contribution in [0.25, 0.3) is 16.9 Å². The maximum atomic E-state index is 13.1. The summed E-state index contributed by atoms with van der Waals surface area (Å²) in [7, 11) is 4.63. The number of para-hydroxylation sites is 1. The van der Waals surface area contributed by atoms with E-state index in [4.69, 9.17) is 14.2 Å². The van der Waals surface area contributed by atoms with Crippen LogP contribution in [0.2, 0.25) is 0 Å². The number of nitrogens with zero attached hydrogens (tertiary/aromatic N) is 3. The topological polar surface area (TPSA) is 87.0 Å². The van der Waals surface area contributed by atoms with E-state index in [0.717, 1.165) is 11.3 Å². The number of hydrogen-bond acceptors (Lipinski definition) is 6. The summed E-state index contributed by atoms with van der Waals surface area (Å²) in [6.07, 6.45) is 3.18. The fourth-order valence-electron chi connectivity index (χ4n) is 3.44. The number of hydrogen-bond donors (Lipinski definition) is 1. The summed E-state index contributed by atoms with van der Waals surface area (Å²) in [6.45, 7) is 0. The number of rotatable bonds is 8. The quantitative estimate of drug-likeness (QED) is 0.315. The van der Waals surface area contributed by atoms with Crippen LogP contribution in [0.4, 0.5) is 0 Å². The molecular formula is C26H24N4O4. The van der Waals surface area contributed by atoms with Gasteiger partial charge in [-0.05, 0) is 18.2 Å². The Labute approximate surface area is 197 Å². The molecule has 0 unspecified atom stereocenters. The molecule has 1 aromatic heterocycles. The number of nitrogens with one attached hydrogen (secondary N) is 1. The molecule has 0 bridgehead atoms. The van der Waals surface area contributed by atoms with Gasteiger partial charge in [-0.2, -0.15) is 10.2 Å². The van der Waals surface area contributed by atoms with Crippen molar-refractivity contribution < 1.29 is 19.0 Å². The Hall–Kier alpha value is -4.59. The molecule has 34 heavy (non-hydrogen) atoms. The van der Waals surface area contributed by atoms with Crippen molar-refractivity contribution in [2.45, 2.75) is 0 Å². The number of amides is 1. The Morgan fingerprint density at radius 2 is 1.50 bits per heavy atom. The first-order chi connectivity index (χ1) is 16.6. The van der Waals surface area contributed by atoms with Crippen molar-refractivity contribution in [2.75, 3.05) is 21.3 Å². The van der Waals surface area contributed by atoms with Crippen LogP contribution in [0.5, 0.6) is 17.2 Å². The number of methoxy groups -OCH3 is 3. The summed E-state index contributed by atoms with van der Waals surface area (Å²) in [6, 6.07) is 22.6. The van der Waals surface area contributed by atoms with Crippen LogP contribution >= 0.6 is 0 Å². The molecule has 0 spiro atoms. The summed E-state index contributed by atoms with van der Waals surface area (Å²) in [4.78, 5) is 13.1. The molecule has 0 radical (unpaired) electrons. The van der Waals surface area contributed by atoms with Crippen LogP contribution in [-0.4, -0.2) is 43.2 Å². The average Bonchev–Trinajstić information content (AvgIpc) is 3.35. The molecule has 1 amide bonds. The van der Waals surface area contributed by atoms with E-state index in [1.165, 1.54) is 6.21 Å². The second kappa shape index (κ2) is 10.4. The number of hydrazone groups is 1. The third-order valence-electron chi connectivity index (χ3n) is 5.13. The Kier molecular flexibility index (Phi) is 6.88. The molecule has 0 aliphatic heterocycles. The lowest BCUT2D eigenvalue weighted by molar-refractivity contribution is 0.0955. The van der Waals surface area contributed by atoms with Gasteiger partial charge in [0.2, 0.25) is 0 Å². The minimum Gasteiger partial charge on any atom is -0.496 e. The van der Waals surface area contributed by atoms with Gasteiger partial charge in [-0.15, -0.1) is 0 Å². The maximum absolute atomic E-state index is 13.1. The lowest BCUT2D eigenvalue weighted by atomic mass is 10.1. The van der Waals surface area contributed by atoms with E-state index >= 15 is 0 Å². The van der Waals surface area contributed by atoms with E-state index in [1.54, 1.807) is 44.3 Å². The fourth-order valence-corrected chi connectivity index (χ4v) is 3.44. The molecule has 1 heterocycles. The number of carbonyl (C=O) groups is 1. The normalized spacial score (nSPS) is 10.8. The Morgan fingerprint density at radius 3 is 2.15 bits per heavy atom. The average molecular weight is 457 g/mol. The monoisotopic (exact) mass is 456 g/mol. The molecule has 0 atom stereocenters. The van der Waals surface area contributed by atoms with E-state index in [0.29, 0.717) is 34.1 Å². The zero-order valence-corrected chi connectivity index (χ0v) is 19.1. The Bertz CT molecular complexity index is 1300. The van der Waals surface area contributed by atoms with Gasteiger partial charge in [0.05, 0.1) is 38.8 Å². The highest BCUT2D eigenvalue weighted by atomic mass is 16.5. The second-order valence-electron chi connectivity index (χ2n) is 7.19. The highest BCUT2D eigenvalue weighted by Gasteiger charge is 2.18. The van der Waals surface area contributed by atoms with Crippen LogP contribution in [-0.2, 0) is 0 Å². The van der Waals surface area contributed by atoms with Gasteiger partial charge in [0.1, 0.15) is 11.4 Å². The molecule has 8 heteroatoms. The summed E-state index contributed by atoms with van der Waals surface area (Å²) >= 11 is 0. The molecule has 1 N–H and O–H groups in total. The minimum atomic E-state index is -0.392. The van der Waals surface area contributed by atoms with Gasteiger partial charge < -0.3 is 14.2 Å². The van der Waals surface area contributed by atoms with Crippen LogP contribution in [0.1, 0.15) is 15.9 Å². The van der Waals surface area contributed by atoms with Crippen molar-refractivity contribution in [1.82, 2.24) is 15.2 Å². The molecule has 8 nitrogen and oxygen atoms in total. The van der Waals surface area contributed by atoms with E-state index in [2.05, 4.69) is 15.6 Å². The third kappa shape index (κ3) is 4.75. The van der Waals surface area contributed by atoms with Crippen molar-refractivity contribution in [3.63, 3.8) is 0 Å². The first kappa shape index (κ1) is 22.6. The van der Waals surface area contributed by atoms with Crippen LogP contribution < -0.4 is 19.6 Å². The smallest absolute Gasteiger partial charge is 0.275 e.